The molecule has 1 aliphatic heterocycles. The van der Waals surface area contributed by atoms with E-state index in [4.69, 9.17) is 0 Å². The Labute approximate surface area is 128 Å². The second-order valence-corrected chi connectivity index (χ2v) is 5.81. The number of benzene rings is 1. The van der Waals surface area contributed by atoms with Gasteiger partial charge in [0.1, 0.15) is 6.54 Å². The molecule has 0 atom stereocenters. The minimum Gasteiger partial charge on any atom is -0.333 e. The second kappa shape index (κ2) is 7.13. The van der Waals surface area contributed by atoms with Gasteiger partial charge < -0.3 is 4.90 Å². The van der Waals surface area contributed by atoms with Crippen molar-refractivity contribution in [2.75, 3.05) is 26.7 Å². The molecule has 1 aromatic carbocycles. The number of hydrogen-bond donors (Lipinski definition) is 0. The molecular weight excluding hydrogens is 293 g/mol. The van der Waals surface area contributed by atoms with E-state index in [1.54, 1.807) is 12.1 Å². The Bertz CT molecular complexity index is 493. The maximum Gasteiger partial charge on any atom is 0.406 e. The Balaban J connectivity index is 1.94. The molecule has 0 bridgehead atoms. The highest BCUT2D eigenvalue weighted by Crippen LogP contribution is 2.18. The number of piperidine rings is 1. The summed E-state index contributed by atoms with van der Waals surface area (Å²) < 4.78 is 36.9. The molecule has 1 heterocycles. The van der Waals surface area contributed by atoms with Crippen molar-refractivity contribution in [1.29, 1.82) is 0 Å². The normalized spacial score (nSPS) is 16.5. The third-order valence-corrected chi connectivity index (χ3v) is 3.82. The van der Waals surface area contributed by atoms with Crippen LogP contribution in [0.2, 0.25) is 0 Å². The average Bonchev–Trinajstić information content (AvgIpc) is 2.46. The van der Waals surface area contributed by atoms with Gasteiger partial charge in [-0.1, -0.05) is 18.6 Å². The van der Waals surface area contributed by atoms with Crippen LogP contribution in [0.3, 0.4) is 0 Å². The van der Waals surface area contributed by atoms with Crippen LogP contribution in [0.25, 0.3) is 0 Å². The zero-order valence-corrected chi connectivity index (χ0v) is 12.7. The summed E-state index contributed by atoms with van der Waals surface area (Å²) >= 11 is 0. The Morgan fingerprint density at radius 1 is 1.14 bits per heavy atom. The first-order valence-electron chi connectivity index (χ1n) is 7.49. The fourth-order valence-corrected chi connectivity index (χ4v) is 2.69. The van der Waals surface area contributed by atoms with Crippen LogP contribution in [-0.4, -0.2) is 48.6 Å². The molecule has 0 spiro atoms. The lowest BCUT2D eigenvalue weighted by atomic mass is 10.1. The number of amides is 1. The number of nitrogens with zero attached hydrogens (tertiary/aromatic N) is 2. The molecule has 0 saturated carbocycles. The molecule has 1 fully saturated rings. The van der Waals surface area contributed by atoms with Crippen molar-refractivity contribution in [2.45, 2.75) is 32.0 Å². The van der Waals surface area contributed by atoms with E-state index in [9.17, 15) is 18.0 Å². The molecular formula is C16H21F3N2O. The molecule has 6 heteroatoms. The molecule has 1 aromatic rings. The largest absolute Gasteiger partial charge is 0.406 e. The molecule has 0 unspecified atom stereocenters. The van der Waals surface area contributed by atoms with Crippen LogP contribution >= 0.6 is 0 Å². The number of carbonyl (C=O) groups excluding carboxylic acids is 1. The van der Waals surface area contributed by atoms with Crippen molar-refractivity contribution < 1.29 is 18.0 Å². The maximum absolute atomic E-state index is 12.3. The van der Waals surface area contributed by atoms with Crippen molar-refractivity contribution in [1.82, 2.24) is 9.80 Å². The van der Waals surface area contributed by atoms with Crippen molar-refractivity contribution in [3.05, 3.63) is 35.4 Å². The monoisotopic (exact) mass is 314 g/mol. The van der Waals surface area contributed by atoms with Crippen LogP contribution in [0.5, 0.6) is 0 Å². The Hall–Kier alpha value is -1.56. The summed E-state index contributed by atoms with van der Waals surface area (Å²) in [6.07, 6.45) is -0.689. The minimum atomic E-state index is -4.38. The van der Waals surface area contributed by atoms with E-state index in [1.165, 1.54) is 19.3 Å². The molecule has 122 valence electrons. The summed E-state index contributed by atoms with van der Waals surface area (Å²) in [5.41, 5.74) is 1.37. The molecule has 0 aliphatic carbocycles. The van der Waals surface area contributed by atoms with E-state index in [1.807, 2.05) is 12.1 Å². The van der Waals surface area contributed by atoms with Crippen LogP contribution in [0.4, 0.5) is 13.2 Å². The van der Waals surface area contributed by atoms with E-state index in [0.29, 0.717) is 4.90 Å². The van der Waals surface area contributed by atoms with Gasteiger partial charge >= 0.3 is 6.18 Å². The summed E-state index contributed by atoms with van der Waals surface area (Å²) in [6.45, 7) is 1.75. The molecule has 0 N–H and O–H groups in total. The van der Waals surface area contributed by atoms with Crippen molar-refractivity contribution in [3.63, 3.8) is 0 Å². The van der Waals surface area contributed by atoms with Gasteiger partial charge in [-0.15, -0.1) is 0 Å². The van der Waals surface area contributed by atoms with Gasteiger partial charge in [0, 0.05) is 19.2 Å². The minimum absolute atomic E-state index is 0.286. The Morgan fingerprint density at radius 2 is 1.73 bits per heavy atom. The number of likely N-dealkylation sites (tertiary alicyclic amines) is 1. The lowest BCUT2D eigenvalue weighted by Gasteiger charge is -2.26. The predicted octanol–water partition coefficient (Wildman–Crippen LogP) is 3.31. The first-order valence-corrected chi connectivity index (χ1v) is 7.49. The van der Waals surface area contributed by atoms with E-state index in [-0.39, 0.29) is 5.56 Å². The third kappa shape index (κ3) is 5.02. The van der Waals surface area contributed by atoms with Crippen molar-refractivity contribution in [3.8, 4) is 0 Å². The summed E-state index contributed by atoms with van der Waals surface area (Å²) in [5, 5.41) is 0. The molecule has 3 nitrogen and oxygen atoms in total. The summed E-state index contributed by atoms with van der Waals surface area (Å²) in [4.78, 5) is 15.0. The summed E-state index contributed by atoms with van der Waals surface area (Å²) in [7, 11) is 1.16. The van der Waals surface area contributed by atoms with Crippen LogP contribution in [0.1, 0.15) is 35.2 Å². The van der Waals surface area contributed by atoms with Crippen molar-refractivity contribution in [2.24, 2.45) is 0 Å². The molecule has 1 aliphatic rings. The van der Waals surface area contributed by atoms with Crippen LogP contribution in [0, 0.1) is 0 Å². The zero-order valence-electron chi connectivity index (χ0n) is 12.7. The van der Waals surface area contributed by atoms with Crippen LogP contribution in [-0.2, 0) is 6.54 Å². The van der Waals surface area contributed by atoms with Gasteiger partial charge in [0.05, 0.1) is 0 Å². The highest BCUT2D eigenvalue weighted by molar-refractivity contribution is 5.94. The van der Waals surface area contributed by atoms with Gasteiger partial charge in [0.2, 0.25) is 0 Å². The molecule has 2 rings (SSSR count). The lowest BCUT2D eigenvalue weighted by Crippen LogP contribution is -2.35. The van der Waals surface area contributed by atoms with Crippen LogP contribution in [0.15, 0.2) is 24.3 Å². The van der Waals surface area contributed by atoms with E-state index in [0.717, 1.165) is 32.2 Å². The fourth-order valence-electron chi connectivity index (χ4n) is 2.69. The topological polar surface area (TPSA) is 23.6 Å². The average molecular weight is 314 g/mol. The molecule has 1 amide bonds. The molecule has 0 aromatic heterocycles. The Morgan fingerprint density at radius 3 is 2.27 bits per heavy atom. The van der Waals surface area contributed by atoms with Gasteiger partial charge in [-0.3, -0.25) is 9.69 Å². The predicted molar refractivity (Wildman–Crippen MR) is 78.6 cm³/mol. The number of hydrogen-bond acceptors (Lipinski definition) is 2. The molecule has 1 saturated heterocycles. The molecule has 0 radical (unpaired) electrons. The van der Waals surface area contributed by atoms with Crippen molar-refractivity contribution >= 4 is 5.91 Å². The zero-order chi connectivity index (χ0) is 16.2. The van der Waals surface area contributed by atoms with Gasteiger partial charge in [-0.25, -0.2) is 0 Å². The van der Waals surface area contributed by atoms with E-state index >= 15 is 0 Å². The number of alkyl halides is 3. The van der Waals surface area contributed by atoms with Gasteiger partial charge in [-0.05, 0) is 43.6 Å². The van der Waals surface area contributed by atoms with Crippen LogP contribution < -0.4 is 0 Å². The Kier molecular flexibility index (Phi) is 5.45. The third-order valence-electron chi connectivity index (χ3n) is 3.82. The number of rotatable bonds is 4. The van der Waals surface area contributed by atoms with Gasteiger partial charge in [0.15, 0.2) is 0 Å². The van der Waals surface area contributed by atoms with Gasteiger partial charge in [-0.2, -0.15) is 13.2 Å². The number of carbonyl (C=O) groups is 1. The first kappa shape index (κ1) is 16.8. The molecule has 22 heavy (non-hydrogen) atoms. The van der Waals surface area contributed by atoms with Gasteiger partial charge in [0.25, 0.3) is 5.91 Å². The fraction of sp³-hybridized carbons (Fsp3) is 0.562. The highest BCUT2D eigenvalue weighted by atomic mass is 19.4. The first-order chi connectivity index (χ1) is 10.3. The highest BCUT2D eigenvalue weighted by Gasteiger charge is 2.31. The standard InChI is InChI=1S/C16H21F3N2O/c1-20(12-16(17,18)19)15(22)14-7-5-13(6-8-14)11-21-9-3-2-4-10-21/h5-8H,2-4,9-12H2,1H3. The van der Waals surface area contributed by atoms with E-state index < -0.39 is 18.6 Å². The maximum atomic E-state index is 12.3. The number of halogens is 3. The second-order valence-electron chi connectivity index (χ2n) is 5.81. The summed E-state index contributed by atoms with van der Waals surface area (Å²) in [5.74, 6) is -0.609. The lowest BCUT2D eigenvalue weighted by molar-refractivity contribution is -0.138. The summed E-state index contributed by atoms with van der Waals surface area (Å²) in [6, 6.07) is 6.86. The SMILES string of the molecule is CN(CC(F)(F)F)C(=O)c1ccc(CN2CCCCC2)cc1. The quantitative estimate of drug-likeness (QED) is 0.851. The van der Waals surface area contributed by atoms with E-state index in [2.05, 4.69) is 4.90 Å². The smallest absolute Gasteiger partial charge is 0.333 e.